The highest BCUT2D eigenvalue weighted by molar-refractivity contribution is 5.77. The van der Waals surface area contributed by atoms with Gasteiger partial charge in [-0.1, -0.05) is 6.07 Å². The number of benzene rings is 1. The summed E-state index contributed by atoms with van der Waals surface area (Å²) in [7, 11) is 0. The molecule has 1 aliphatic heterocycles. The molecule has 17 heavy (non-hydrogen) atoms. The second kappa shape index (κ2) is 3.94. The van der Waals surface area contributed by atoms with Gasteiger partial charge in [0.2, 0.25) is 5.91 Å². The summed E-state index contributed by atoms with van der Waals surface area (Å²) >= 11 is 0. The predicted octanol–water partition coefficient (Wildman–Crippen LogP) is 2.06. The van der Waals surface area contributed by atoms with Gasteiger partial charge in [0, 0.05) is 18.8 Å². The number of carbonyl (C=O) groups is 1. The van der Waals surface area contributed by atoms with E-state index in [-0.39, 0.29) is 13.1 Å². The molecule has 0 radical (unpaired) electrons. The van der Waals surface area contributed by atoms with Gasteiger partial charge in [-0.25, -0.2) is 0 Å². The number of nitrogen functional groups attached to an aromatic ring is 1. The van der Waals surface area contributed by atoms with Crippen molar-refractivity contribution in [1.29, 1.82) is 0 Å². The summed E-state index contributed by atoms with van der Waals surface area (Å²) in [6, 6.07) is 5.11. The van der Waals surface area contributed by atoms with Crippen LogP contribution in [-0.2, 0) is 17.9 Å². The Kier molecular flexibility index (Phi) is 2.73. The lowest BCUT2D eigenvalue weighted by molar-refractivity contribution is -0.161. The summed E-state index contributed by atoms with van der Waals surface area (Å²) < 4.78 is 36.3. The van der Waals surface area contributed by atoms with Crippen molar-refractivity contribution in [3.63, 3.8) is 0 Å². The molecular formula is C11H11F3N2O. The highest BCUT2D eigenvalue weighted by Gasteiger charge is 2.35. The Morgan fingerprint density at radius 1 is 1.29 bits per heavy atom. The fourth-order valence-corrected chi connectivity index (χ4v) is 1.87. The molecule has 0 atom stereocenters. The molecule has 6 heteroatoms. The average Bonchev–Trinajstić information content (AvgIpc) is 2.57. The normalized spacial score (nSPS) is 14.9. The number of nitrogens with zero attached hydrogens (tertiary/aromatic N) is 1. The summed E-state index contributed by atoms with van der Waals surface area (Å²) in [5.74, 6) is -0.896. The van der Waals surface area contributed by atoms with Crippen LogP contribution in [0.15, 0.2) is 18.2 Å². The maximum atomic E-state index is 12.1. The van der Waals surface area contributed by atoms with Crippen LogP contribution in [0, 0.1) is 0 Å². The molecule has 0 aliphatic carbocycles. The number of nitrogens with two attached hydrogens (primary N) is 1. The molecule has 0 saturated heterocycles. The standard InChI is InChI=1S/C11H11F3N2O/c12-11(13,14)4-10(17)16-5-7-1-2-9(15)3-8(7)6-16/h1-3H,4-6,15H2. The SMILES string of the molecule is Nc1ccc2c(c1)CN(C(=O)CC(F)(F)F)C2. The lowest BCUT2D eigenvalue weighted by Crippen LogP contribution is -2.29. The topological polar surface area (TPSA) is 46.3 Å². The Morgan fingerprint density at radius 3 is 2.59 bits per heavy atom. The van der Waals surface area contributed by atoms with E-state index >= 15 is 0 Å². The van der Waals surface area contributed by atoms with Crippen LogP contribution in [0.2, 0.25) is 0 Å². The monoisotopic (exact) mass is 244 g/mol. The minimum Gasteiger partial charge on any atom is -0.399 e. The molecule has 0 aromatic heterocycles. The Hall–Kier alpha value is -1.72. The smallest absolute Gasteiger partial charge is 0.397 e. The number of carbonyl (C=O) groups excluding carboxylic acids is 1. The van der Waals surface area contributed by atoms with Crippen molar-refractivity contribution in [1.82, 2.24) is 4.90 Å². The van der Waals surface area contributed by atoms with Crippen molar-refractivity contribution in [2.45, 2.75) is 25.7 Å². The van der Waals surface area contributed by atoms with E-state index in [0.29, 0.717) is 5.69 Å². The molecule has 0 fully saturated rings. The molecule has 3 nitrogen and oxygen atoms in total. The van der Waals surface area contributed by atoms with Crippen molar-refractivity contribution < 1.29 is 18.0 Å². The van der Waals surface area contributed by atoms with Crippen molar-refractivity contribution >= 4 is 11.6 Å². The van der Waals surface area contributed by atoms with Crippen LogP contribution in [0.5, 0.6) is 0 Å². The summed E-state index contributed by atoms with van der Waals surface area (Å²) in [5, 5.41) is 0. The maximum absolute atomic E-state index is 12.1. The number of rotatable bonds is 1. The van der Waals surface area contributed by atoms with E-state index in [1.54, 1.807) is 18.2 Å². The number of anilines is 1. The fraction of sp³-hybridized carbons (Fsp3) is 0.364. The van der Waals surface area contributed by atoms with Crippen LogP contribution < -0.4 is 5.73 Å². The van der Waals surface area contributed by atoms with Crippen LogP contribution in [0.25, 0.3) is 0 Å². The van der Waals surface area contributed by atoms with Crippen LogP contribution in [0.1, 0.15) is 17.5 Å². The van der Waals surface area contributed by atoms with Gasteiger partial charge in [-0.15, -0.1) is 0 Å². The average molecular weight is 244 g/mol. The van der Waals surface area contributed by atoms with Gasteiger partial charge in [-0.2, -0.15) is 13.2 Å². The molecule has 0 spiro atoms. The molecular weight excluding hydrogens is 233 g/mol. The van der Waals surface area contributed by atoms with Crippen molar-refractivity contribution in [3.8, 4) is 0 Å². The Balaban J connectivity index is 2.07. The molecule has 1 aromatic carbocycles. The van der Waals surface area contributed by atoms with Gasteiger partial charge in [0.15, 0.2) is 0 Å². The summed E-state index contributed by atoms with van der Waals surface area (Å²) in [6.07, 6.45) is -5.86. The first-order valence-corrected chi connectivity index (χ1v) is 5.07. The quantitative estimate of drug-likeness (QED) is 0.768. The molecule has 1 aromatic rings. The third kappa shape index (κ3) is 2.69. The third-order valence-electron chi connectivity index (χ3n) is 2.66. The summed E-state index contributed by atoms with van der Waals surface area (Å²) in [4.78, 5) is 12.6. The van der Waals surface area contributed by atoms with E-state index in [1.807, 2.05) is 0 Å². The number of fused-ring (bicyclic) bond motifs is 1. The highest BCUT2D eigenvalue weighted by Crippen LogP contribution is 2.28. The van der Waals surface area contributed by atoms with E-state index in [4.69, 9.17) is 5.73 Å². The number of halogens is 3. The first-order valence-electron chi connectivity index (χ1n) is 5.07. The van der Waals surface area contributed by atoms with Crippen LogP contribution in [-0.4, -0.2) is 17.0 Å². The molecule has 2 rings (SSSR count). The molecule has 0 unspecified atom stereocenters. The highest BCUT2D eigenvalue weighted by atomic mass is 19.4. The second-order valence-electron chi connectivity index (χ2n) is 4.07. The molecule has 1 amide bonds. The molecule has 92 valence electrons. The third-order valence-corrected chi connectivity index (χ3v) is 2.66. The first kappa shape index (κ1) is 11.8. The van der Waals surface area contributed by atoms with Gasteiger partial charge in [-0.05, 0) is 23.3 Å². The Morgan fingerprint density at radius 2 is 1.94 bits per heavy atom. The van der Waals surface area contributed by atoms with Crippen molar-refractivity contribution in [2.24, 2.45) is 0 Å². The lowest BCUT2D eigenvalue weighted by Gasteiger charge is -2.16. The van der Waals surface area contributed by atoms with E-state index < -0.39 is 18.5 Å². The zero-order chi connectivity index (χ0) is 12.6. The minimum absolute atomic E-state index is 0.204. The van der Waals surface area contributed by atoms with Gasteiger partial charge in [-0.3, -0.25) is 4.79 Å². The maximum Gasteiger partial charge on any atom is 0.397 e. The number of amides is 1. The second-order valence-corrected chi connectivity index (χ2v) is 4.07. The Bertz CT molecular complexity index is 457. The van der Waals surface area contributed by atoms with Gasteiger partial charge in [0.05, 0.1) is 0 Å². The molecule has 1 heterocycles. The van der Waals surface area contributed by atoms with Crippen LogP contribution in [0.3, 0.4) is 0 Å². The number of alkyl halides is 3. The molecule has 0 saturated carbocycles. The van der Waals surface area contributed by atoms with Gasteiger partial charge in [0.25, 0.3) is 0 Å². The fourth-order valence-electron chi connectivity index (χ4n) is 1.87. The van der Waals surface area contributed by atoms with Gasteiger partial charge < -0.3 is 10.6 Å². The van der Waals surface area contributed by atoms with E-state index in [2.05, 4.69) is 0 Å². The zero-order valence-electron chi connectivity index (χ0n) is 8.92. The predicted molar refractivity (Wildman–Crippen MR) is 55.8 cm³/mol. The van der Waals surface area contributed by atoms with Crippen LogP contribution in [0.4, 0.5) is 18.9 Å². The van der Waals surface area contributed by atoms with Gasteiger partial charge in [0.1, 0.15) is 6.42 Å². The first-order chi connectivity index (χ1) is 7.85. The van der Waals surface area contributed by atoms with E-state index in [1.165, 1.54) is 4.90 Å². The Labute approximate surface area is 96.0 Å². The van der Waals surface area contributed by atoms with Gasteiger partial charge >= 0.3 is 6.18 Å². The van der Waals surface area contributed by atoms with Crippen molar-refractivity contribution in [3.05, 3.63) is 29.3 Å². The van der Waals surface area contributed by atoms with Crippen molar-refractivity contribution in [2.75, 3.05) is 5.73 Å². The van der Waals surface area contributed by atoms with E-state index in [0.717, 1.165) is 11.1 Å². The molecule has 0 bridgehead atoms. The molecule has 2 N–H and O–H groups in total. The van der Waals surface area contributed by atoms with Crippen LogP contribution >= 0.6 is 0 Å². The lowest BCUT2D eigenvalue weighted by atomic mass is 10.1. The molecule has 1 aliphatic rings. The summed E-state index contributed by atoms with van der Waals surface area (Å²) in [6.45, 7) is 0.430. The number of hydrogen-bond donors (Lipinski definition) is 1. The largest absolute Gasteiger partial charge is 0.399 e. The van der Waals surface area contributed by atoms with E-state index in [9.17, 15) is 18.0 Å². The minimum atomic E-state index is -4.45. The zero-order valence-corrected chi connectivity index (χ0v) is 8.92. The summed E-state index contributed by atoms with van der Waals surface area (Å²) in [5.41, 5.74) is 7.80. The number of hydrogen-bond acceptors (Lipinski definition) is 2.